The van der Waals surface area contributed by atoms with Crippen molar-refractivity contribution in [3.05, 3.63) is 0 Å². The molecule has 0 bridgehead atoms. The molecule has 8 heteroatoms. The quantitative estimate of drug-likeness (QED) is 0.722. The van der Waals surface area contributed by atoms with Crippen LogP contribution in [0.1, 0.15) is 13.3 Å². The van der Waals surface area contributed by atoms with Gasteiger partial charge in [-0.05, 0) is 13.3 Å². The molecular formula is C11H17NO6S. The van der Waals surface area contributed by atoms with Crippen LogP contribution in [0.25, 0.3) is 0 Å². The van der Waals surface area contributed by atoms with Gasteiger partial charge in [0.1, 0.15) is 12.2 Å². The number of carboxylic acids is 1. The van der Waals surface area contributed by atoms with Crippen molar-refractivity contribution in [1.82, 2.24) is 4.90 Å². The minimum atomic E-state index is -3.06. The lowest BCUT2D eigenvalue weighted by Gasteiger charge is -2.48. The Balaban J connectivity index is 1.83. The lowest BCUT2D eigenvalue weighted by atomic mass is 9.94. The van der Waals surface area contributed by atoms with Crippen LogP contribution in [0.2, 0.25) is 0 Å². The van der Waals surface area contributed by atoms with Gasteiger partial charge >= 0.3 is 5.97 Å². The molecule has 0 aromatic carbocycles. The Morgan fingerprint density at radius 3 is 2.53 bits per heavy atom. The van der Waals surface area contributed by atoms with E-state index in [4.69, 9.17) is 9.84 Å². The SMILES string of the molecule is CC1(OCC(=O)O)CN(C(=O)C2CCS(=O)(=O)C2)C1. The standard InChI is InChI=1S/C11H17NO6S/c1-11(18-4-9(13)14)6-12(7-11)10(15)8-2-3-19(16,17)5-8/h8H,2-7H2,1H3,(H,13,14). The molecule has 2 heterocycles. The first-order valence-electron chi connectivity index (χ1n) is 6.06. The summed E-state index contributed by atoms with van der Waals surface area (Å²) in [5.74, 6) is -1.67. The van der Waals surface area contributed by atoms with Gasteiger partial charge < -0.3 is 14.7 Å². The summed E-state index contributed by atoms with van der Waals surface area (Å²) < 4.78 is 27.8. The van der Waals surface area contributed by atoms with Crippen LogP contribution in [-0.2, 0) is 24.2 Å². The Morgan fingerprint density at radius 2 is 2.05 bits per heavy atom. The molecule has 7 nitrogen and oxygen atoms in total. The summed E-state index contributed by atoms with van der Waals surface area (Å²) in [5, 5.41) is 8.53. The summed E-state index contributed by atoms with van der Waals surface area (Å²) >= 11 is 0. The van der Waals surface area contributed by atoms with E-state index < -0.39 is 33.9 Å². The highest BCUT2D eigenvalue weighted by Crippen LogP contribution is 2.29. The first-order valence-corrected chi connectivity index (χ1v) is 7.88. The number of likely N-dealkylation sites (tertiary alicyclic amines) is 1. The number of amides is 1. The van der Waals surface area contributed by atoms with Crippen molar-refractivity contribution in [3.8, 4) is 0 Å². The van der Waals surface area contributed by atoms with E-state index in [1.165, 1.54) is 4.90 Å². The van der Waals surface area contributed by atoms with Crippen LogP contribution in [0.15, 0.2) is 0 Å². The van der Waals surface area contributed by atoms with Crippen molar-refractivity contribution in [3.63, 3.8) is 0 Å². The van der Waals surface area contributed by atoms with Crippen LogP contribution in [0.4, 0.5) is 0 Å². The molecule has 0 aliphatic carbocycles. The second kappa shape index (κ2) is 4.75. The van der Waals surface area contributed by atoms with Crippen LogP contribution in [0.3, 0.4) is 0 Å². The van der Waals surface area contributed by atoms with Crippen LogP contribution in [0.5, 0.6) is 0 Å². The normalized spacial score (nSPS) is 27.8. The van der Waals surface area contributed by atoms with Crippen molar-refractivity contribution >= 4 is 21.7 Å². The predicted molar refractivity (Wildman–Crippen MR) is 65.3 cm³/mol. The van der Waals surface area contributed by atoms with Gasteiger partial charge in [-0.15, -0.1) is 0 Å². The van der Waals surface area contributed by atoms with Gasteiger partial charge in [-0.3, -0.25) is 4.79 Å². The molecular weight excluding hydrogens is 274 g/mol. The highest BCUT2D eigenvalue weighted by molar-refractivity contribution is 7.91. The zero-order valence-electron chi connectivity index (χ0n) is 10.7. The highest BCUT2D eigenvalue weighted by Gasteiger charge is 2.46. The number of hydrogen-bond acceptors (Lipinski definition) is 5. The Bertz CT molecular complexity index is 493. The van der Waals surface area contributed by atoms with Gasteiger partial charge in [-0.25, -0.2) is 13.2 Å². The zero-order chi connectivity index (χ0) is 14.3. The number of aliphatic carboxylic acids is 1. The monoisotopic (exact) mass is 291 g/mol. The fourth-order valence-electron chi connectivity index (χ4n) is 2.49. The maximum Gasteiger partial charge on any atom is 0.329 e. The van der Waals surface area contributed by atoms with Gasteiger partial charge in [0.25, 0.3) is 0 Å². The number of nitrogens with zero attached hydrogens (tertiary/aromatic N) is 1. The first-order chi connectivity index (χ1) is 8.71. The van der Waals surface area contributed by atoms with E-state index in [-0.39, 0.29) is 17.4 Å². The van der Waals surface area contributed by atoms with Crippen molar-refractivity contribution in [2.24, 2.45) is 5.92 Å². The zero-order valence-corrected chi connectivity index (χ0v) is 11.5. The molecule has 1 N–H and O–H groups in total. The van der Waals surface area contributed by atoms with E-state index in [9.17, 15) is 18.0 Å². The number of ether oxygens (including phenoxy) is 1. The lowest BCUT2D eigenvalue weighted by molar-refractivity contribution is -0.175. The van der Waals surface area contributed by atoms with Crippen LogP contribution < -0.4 is 0 Å². The first kappa shape index (κ1) is 14.3. The minimum Gasteiger partial charge on any atom is -0.480 e. The summed E-state index contributed by atoms with van der Waals surface area (Å²) in [6.07, 6.45) is 0.379. The fourth-order valence-corrected chi connectivity index (χ4v) is 4.22. The van der Waals surface area contributed by atoms with Gasteiger partial charge in [0, 0.05) is 0 Å². The average Bonchev–Trinajstić information content (AvgIpc) is 2.62. The molecule has 2 saturated heterocycles. The minimum absolute atomic E-state index is 0.0734. The van der Waals surface area contributed by atoms with Gasteiger partial charge in [0.05, 0.1) is 30.5 Å². The molecule has 1 amide bonds. The molecule has 1 unspecified atom stereocenters. The number of carbonyl (C=O) groups is 2. The molecule has 0 spiro atoms. The fraction of sp³-hybridized carbons (Fsp3) is 0.818. The van der Waals surface area contributed by atoms with Crippen LogP contribution >= 0.6 is 0 Å². The third kappa shape index (κ3) is 3.24. The smallest absolute Gasteiger partial charge is 0.329 e. The van der Waals surface area contributed by atoms with E-state index in [0.29, 0.717) is 19.5 Å². The summed E-state index contributed by atoms with van der Waals surface area (Å²) in [4.78, 5) is 24.0. The van der Waals surface area contributed by atoms with Crippen LogP contribution in [-0.4, -0.2) is 67.1 Å². The molecule has 0 aromatic heterocycles. The number of sulfone groups is 1. The predicted octanol–water partition coefficient (Wildman–Crippen LogP) is -0.877. The molecule has 108 valence electrons. The molecule has 2 aliphatic rings. The molecule has 19 heavy (non-hydrogen) atoms. The maximum absolute atomic E-state index is 12.0. The van der Waals surface area contributed by atoms with E-state index in [1.807, 2.05) is 0 Å². The Kier molecular flexibility index (Phi) is 3.57. The largest absolute Gasteiger partial charge is 0.480 e. The Morgan fingerprint density at radius 1 is 1.42 bits per heavy atom. The summed E-state index contributed by atoms with van der Waals surface area (Å²) in [6, 6.07) is 0. The Hall–Kier alpha value is -1.15. The number of hydrogen-bond donors (Lipinski definition) is 1. The molecule has 0 radical (unpaired) electrons. The molecule has 1 atom stereocenters. The van der Waals surface area contributed by atoms with Crippen LogP contribution in [0, 0.1) is 5.92 Å². The van der Waals surface area contributed by atoms with Crippen molar-refractivity contribution < 1.29 is 27.9 Å². The van der Waals surface area contributed by atoms with E-state index in [0.717, 1.165) is 0 Å². The van der Waals surface area contributed by atoms with Crippen molar-refractivity contribution in [1.29, 1.82) is 0 Å². The summed E-state index contributed by atoms with van der Waals surface area (Å²) in [6.45, 7) is 1.98. The summed E-state index contributed by atoms with van der Waals surface area (Å²) in [5.41, 5.74) is -0.633. The molecule has 0 saturated carbocycles. The van der Waals surface area contributed by atoms with Gasteiger partial charge in [-0.2, -0.15) is 0 Å². The molecule has 0 aromatic rings. The van der Waals surface area contributed by atoms with E-state index >= 15 is 0 Å². The van der Waals surface area contributed by atoms with Crippen molar-refractivity contribution in [2.45, 2.75) is 18.9 Å². The third-order valence-electron chi connectivity index (χ3n) is 3.49. The van der Waals surface area contributed by atoms with E-state index in [1.54, 1.807) is 6.92 Å². The summed E-state index contributed by atoms with van der Waals surface area (Å²) in [7, 11) is -3.06. The van der Waals surface area contributed by atoms with Gasteiger partial charge in [0.2, 0.25) is 5.91 Å². The van der Waals surface area contributed by atoms with E-state index in [2.05, 4.69) is 0 Å². The third-order valence-corrected chi connectivity index (χ3v) is 5.26. The number of rotatable bonds is 4. The van der Waals surface area contributed by atoms with Gasteiger partial charge in [0.15, 0.2) is 9.84 Å². The molecule has 2 rings (SSSR count). The maximum atomic E-state index is 12.0. The second-order valence-electron chi connectivity index (χ2n) is 5.43. The topological polar surface area (TPSA) is 101 Å². The van der Waals surface area contributed by atoms with Crippen molar-refractivity contribution in [2.75, 3.05) is 31.2 Å². The number of carboxylic acid groups (broad SMARTS) is 1. The highest BCUT2D eigenvalue weighted by atomic mass is 32.2. The molecule has 2 aliphatic heterocycles. The second-order valence-corrected chi connectivity index (χ2v) is 7.66. The van der Waals surface area contributed by atoms with Gasteiger partial charge in [-0.1, -0.05) is 0 Å². The molecule has 2 fully saturated rings. The lowest BCUT2D eigenvalue weighted by Crippen LogP contribution is -2.64. The Labute approximate surface area is 111 Å². The average molecular weight is 291 g/mol. The number of carbonyl (C=O) groups excluding carboxylic acids is 1.